The molecule has 115 heavy (non-hydrogen) atoms. The van der Waals surface area contributed by atoms with Crippen LogP contribution in [0.25, 0.3) is 10.9 Å². The van der Waals surface area contributed by atoms with E-state index in [1.807, 2.05) is 16.0 Å². The summed E-state index contributed by atoms with van der Waals surface area (Å²) in [4.78, 5) is 276. The number of amides is 14. The highest BCUT2D eigenvalue weighted by Crippen LogP contribution is 2.22. The maximum Gasteiger partial charge on any atom is 0.329 e. The Morgan fingerprint density at radius 1 is 0.548 bits per heavy atom. The van der Waals surface area contributed by atoms with Gasteiger partial charge in [-0.1, -0.05) is 76.8 Å². The molecule has 0 saturated carbocycles. The number of H-pyrrole nitrogens is 1. The lowest BCUT2D eigenvalue weighted by Gasteiger charge is -2.30. The Kier molecular flexibility index (Phi) is 38.7. The number of hydrogen-bond donors (Lipinski definition) is 22. The quantitative estimate of drug-likeness (QED) is 0.0115. The van der Waals surface area contributed by atoms with E-state index >= 15 is 0 Å². The van der Waals surface area contributed by atoms with Gasteiger partial charge in [0.1, 0.15) is 72.6 Å². The Bertz CT molecular complexity index is 4060. The third kappa shape index (κ3) is 32.5. The topological polar surface area (TPSA) is 702 Å². The number of aliphatic hydroxyl groups is 1. The zero-order chi connectivity index (χ0) is 85.9. The molecule has 1 aliphatic heterocycles. The van der Waals surface area contributed by atoms with Crippen LogP contribution in [-0.2, 0) is 102 Å². The number of cyclic esters (lactones) is 1. The monoisotopic (exact) mass is 1620 g/mol. The number of nitrogens with two attached hydrogens (primary N) is 3. The van der Waals surface area contributed by atoms with Crippen molar-refractivity contribution >= 4 is 135 Å². The fourth-order valence-corrected chi connectivity index (χ4v) is 11.7. The summed E-state index contributed by atoms with van der Waals surface area (Å²) in [6, 6.07) is -10.6. The normalized spacial score (nSPS) is 21.2. The van der Waals surface area contributed by atoms with Crippen LogP contribution in [0.4, 0.5) is 5.69 Å². The molecule has 1 aliphatic rings. The van der Waals surface area contributed by atoms with E-state index < -0.39 is 261 Å². The number of ether oxygens (including phenoxy) is 1. The van der Waals surface area contributed by atoms with Crippen molar-refractivity contribution in [1.29, 1.82) is 0 Å². The average Bonchev–Trinajstić information content (AvgIpc) is 1.68. The van der Waals surface area contributed by atoms with Gasteiger partial charge in [-0.05, 0) is 75.3 Å². The molecule has 2 aromatic carbocycles. The third-order valence-electron chi connectivity index (χ3n) is 17.8. The number of aliphatic hydroxyl groups excluding tert-OH is 1. The molecule has 14 amide bonds. The van der Waals surface area contributed by atoms with Gasteiger partial charge in [-0.25, -0.2) is 4.79 Å². The van der Waals surface area contributed by atoms with Crippen molar-refractivity contribution in [3.05, 3.63) is 65.9 Å². The van der Waals surface area contributed by atoms with E-state index in [-0.39, 0.29) is 37.1 Å². The van der Waals surface area contributed by atoms with Gasteiger partial charge in [-0.3, -0.25) is 91.1 Å². The van der Waals surface area contributed by atoms with Crippen molar-refractivity contribution in [3.8, 4) is 0 Å². The molecule has 3 aromatic rings. The minimum absolute atomic E-state index is 0.0246. The smallest absolute Gasteiger partial charge is 0.329 e. The number of rotatable bonds is 34. The van der Waals surface area contributed by atoms with Crippen LogP contribution in [0.1, 0.15) is 140 Å². The first kappa shape index (κ1) is 94.7. The number of carboxylic acids is 4. The second kappa shape index (κ2) is 47.0. The first-order chi connectivity index (χ1) is 54.2. The molecule has 0 radical (unpaired) electrons. The zero-order valence-corrected chi connectivity index (χ0v) is 63.8. The molecular formula is C72H101N17O26. The number of primary amides is 1. The van der Waals surface area contributed by atoms with Crippen molar-refractivity contribution in [1.82, 2.24) is 74.1 Å². The molecule has 0 aliphatic carbocycles. The second-order valence-electron chi connectivity index (χ2n) is 27.7. The van der Waals surface area contributed by atoms with Crippen LogP contribution in [0.3, 0.4) is 0 Å². The van der Waals surface area contributed by atoms with Crippen molar-refractivity contribution in [2.75, 3.05) is 32.0 Å². The van der Waals surface area contributed by atoms with Crippen LogP contribution >= 0.6 is 0 Å². The van der Waals surface area contributed by atoms with Gasteiger partial charge in [0.2, 0.25) is 82.7 Å². The molecule has 630 valence electrons. The summed E-state index contributed by atoms with van der Waals surface area (Å²) in [5.41, 5.74) is 18.1. The molecule has 13 atom stereocenters. The number of esters is 1. The summed E-state index contributed by atoms with van der Waals surface area (Å²) >= 11 is 0. The highest BCUT2D eigenvalue weighted by atomic mass is 16.5. The highest BCUT2D eigenvalue weighted by Gasteiger charge is 2.41. The minimum atomic E-state index is -2.45. The van der Waals surface area contributed by atoms with E-state index in [9.17, 15) is 121 Å². The van der Waals surface area contributed by atoms with Gasteiger partial charge >= 0.3 is 29.8 Å². The first-order valence-electron chi connectivity index (χ1n) is 36.7. The number of ketones is 1. The van der Waals surface area contributed by atoms with Gasteiger partial charge in [-0.15, -0.1) is 0 Å². The predicted molar refractivity (Wildman–Crippen MR) is 400 cm³/mol. The summed E-state index contributed by atoms with van der Waals surface area (Å²) < 4.78 is 5.68. The number of carboxylic acid groups (broad SMARTS) is 4. The molecule has 0 bridgehead atoms. The SMILES string of the molecule is CC(C)CCCCCCC(=O)N[C@@H](Cc1c[nH]c2ccccc12)C(=O)N[C@@H](CC(N)=O)C(=O)N[C@@H](CC(=O)O)C(=O)NC1C(=O)NCC(=O)N[C@H](CCCN)C(=O)NC(CC(=O)O)C(=O)N[C@H](C)C(=O)N[C@H](CC(=O)O)C(=O)NCC(=O)NC(CO)C(=O)N[C@@H]([C@@H](C)CC(=O)O)C(=O)N[C@@H](CC(=O)c2ccccc2N)C(=O)OC1C. The van der Waals surface area contributed by atoms with Gasteiger partial charge < -0.3 is 122 Å². The van der Waals surface area contributed by atoms with E-state index in [0.29, 0.717) is 35.2 Å². The fourth-order valence-electron chi connectivity index (χ4n) is 11.7. The van der Waals surface area contributed by atoms with E-state index in [0.717, 1.165) is 40.0 Å². The number of carbonyl (C=O) groups excluding carboxylic acids is 16. The third-order valence-corrected chi connectivity index (χ3v) is 17.8. The number of aromatic amines is 1. The van der Waals surface area contributed by atoms with Crippen LogP contribution in [-0.4, -0.2) is 248 Å². The van der Waals surface area contributed by atoms with Gasteiger partial charge in [0.05, 0.1) is 51.8 Å². The molecule has 25 N–H and O–H groups in total. The number of anilines is 1. The van der Waals surface area contributed by atoms with Crippen molar-refractivity contribution in [2.24, 2.45) is 23.3 Å². The largest absolute Gasteiger partial charge is 0.481 e. The lowest BCUT2D eigenvalue weighted by molar-refractivity contribution is -0.156. The van der Waals surface area contributed by atoms with Crippen LogP contribution < -0.4 is 86.3 Å². The van der Waals surface area contributed by atoms with E-state index in [1.165, 1.54) is 24.3 Å². The second-order valence-corrected chi connectivity index (χ2v) is 27.7. The lowest BCUT2D eigenvalue weighted by Crippen LogP contribution is -2.62. The van der Waals surface area contributed by atoms with E-state index in [1.54, 1.807) is 30.5 Å². The molecule has 4 rings (SSSR count). The summed E-state index contributed by atoms with van der Waals surface area (Å²) in [5, 5.41) is 78.6. The van der Waals surface area contributed by atoms with Crippen LogP contribution in [0.15, 0.2) is 54.7 Å². The Morgan fingerprint density at radius 3 is 1.70 bits per heavy atom. The van der Waals surface area contributed by atoms with Crippen molar-refractivity contribution < 1.29 is 126 Å². The number of benzene rings is 2. The summed E-state index contributed by atoms with van der Waals surface area (Å²) in [6.45, 7) is 3.20. The van der Waals surface area contributed by atoms with Gasteiger partial charge in [-0.2, -0.15) is 0 Å². The Labute approximate surface area is 657 Å². The Morgan fingerprint density at radius 2 is 1.10 bits per heavy atom. The molecule has 1 aromatic heterocycles. The molecule has 1 fully saturated rings. The van der Waals surface area contributed by atoms with Gasteiger partial charge in [0.15, 0.2) is 5.78 Å². The maximum absolute atomic E-state index is 14.8. The summed E-state index contributed by atoms with van der Waals surface area (Å²) in [5.74, 6) is -29.3. The standard InChI is InChI=1S/C72H101N17O26/c1-34(2)15-8-6-7-9-21-53(93)81-44(24-38-30-76-42-19-13-11-16-39(38)42)66(108)84-45(26-52(75)92)67(109)86-48(29-59(102)103)68(110)89-61-37(5)115-72(114)49(25-51(91)40-17-10-12-18-41(40)74)87-71(113)60(35(3)23-56(96)97)88-69(111)50(33-90)82-55(95)31-77-63(105)46(27-57(98)99)83-62(104)36(4)79-65(107)47(28-58(100)101)85-64(106)43(20-14-22-73)80-54(94)32-78-70(61)112/h10-13,16-19,30,34-37,43-50,60-61,76,90H,6-9,14-15,20-29,31-33,73-74H2,1-5H3,(H2,75,92)(H,77,105)(H,78,112)(H,79,107)(H,80,94)(H,81,93)(H,82,95)(H,83,104)(H,84,108)(H,85,106)(H,86,109)(H,87,113)(H,88,111)(H,89,110)(H,96,97)(H,98,99)(H,100,101)(H,102,103)/t35-,36+,37?,43+,44-,45-,46+,47?,48-,49-,50?,60-,61?/m0/s1. The van der Waals surface area contributed by atoms with E-state index in [2.05, 4.69) is 72.0 Å². The van der Waals surface area contributed by atoms with Crippen molar-refractivity contribution in [2.45, 2.75) is 203 Å². The van der Waals surface area contributed by atoms with Crippen LogP contribution in [0.2, 0.25) is 0 Å². The summed E-state index contributed by atoms with van der Waals surface area (Å²) in [6.07, 6.45) is -4.51. The number of nitrogens with one attached hydrogen (secondary N) is 14. The average molecular weight is 1620 g/mol. The molecule has 43 nitrogen and oxygen atoms in total. The molecular weight excluding hydrogens is 1520 g/mol. The van der Waals surface area contributed by atoms with Gasteiger partial charge in [0.25, 0.3) is 0 Å². The number of unbranched alkanes of at least 4 members (excludes halogenated alkanes) is 3. The number of para-hydroxylation sites is 2. The number of aliphatic carboxylic acids is 4. The van der Waals surface area contributed by atoms with Gasteiger partial charge in [0, 0.05) is 47.6 Å². The molecule has 1 saturated heterocycles. The van der Waals surface area contributed by atoms with E-state index in [4.69, 9.17) is 21.9 Å². The van der Waals surface area contributed by atoms with Crippen LogP contribution in [0.5, 0.6) is 0 Å². The Balaban J connectivity index is 1.88. The minimum Gasteiger partial charge on any atom is -0.481 e. The zero-order valence-electron chi connectivity index (χ0n) is 63.8. The molecule has 4 unspecified atom stereocenters. The lowest BCUT2D eigenvalue weighted by atomic mass is 9.96. The number of fused-ring (bicyclic) bond motifs is 1. The fraction of sp³-hybridized carbons (Fsp3) is 0.528. The van der Waals surface area contributed by atoms with Crippen LogP contribution in [0, 0.1) is 11.8 Å². The number of nitrogen functional groups attached to an aromatic ring is 1. The molecule has 2 heterocycles. The summed E-state index contributed by atoms with van der Waals surface area (Å²) in [7, 11) is 0. The number of aromatic nitrogens is 1. The van der Waals surface area contributed by atoms with Crippen molar-refractivity contribution in [3.63, 3.8) is 0 Å². The maximum atomic E-state index is 14.8. The molecule has 43 heteroatoms. The number of Topliss-reactive ketones (excluding diaryl/α,β-unsaturated/α-hetero) is 1. The predicted octanol–water partition coefficient (Wildman–Crippen LogP) is -5.77. The molecule has 0 spiro atoms. The number of hydrogen-bond acceptors (Lipinski definition) is 24. The Hall–Kier alpha value is -12.7. The highest BCUT2D eigenvalue weighted by molar-refractivity contribution is 6.05. The first-order valence-corrected chi connectivity index (χ1v) is 36.7. The number of carbonyl (C=O) groups is 20.